The van der Waals surface area contributed by atoms with E-state index in [0.717, 1.165) is 21.5 Å². The van der Waals surface area contributed by atoms with Crippen molar-refractivity contribution in [2.24, 2.45) is 0 Å². The minimum Gasteiger partial charge on any atom is -0.495 e. The van der Waals surface area contributed by atoms with Gasteiger partial charge in [0.15, 0.2) is 0 Å². The third-order valence-corrected chi connectivity index (χ3v) is 8.96. The number of sulfonamides is 1. The Morgan fingerprint density at radius 1 is 1.07 bits per heavy atom. The molecular formula is C30H35ClN4O7S. The average Bonchev–Trinajstić information content (AvgIpc) is 2.97. The topological polar surface area (TPSA) is 139 Å². The van der Waals surface area contributed by atoms with Gasteiger partial charge in [0.05, 0.1) is 22.6 Å². The predicted octanol–water partition coefficient (Wildman–Crippen LogP) is 5.01. The molecule has 0 saturated heterocycles. The number of aryl methyl sites for hydroxylation is 2. The number of hydrogen-bond donors (Lipinski definition) is 1. The van der Waals surface area contributed by atoms with E-state index in [-0.39, 0.29) is 28.6 Å². The van der Waals surface area contributed by atoms with Gasteiger partial charge < -0.3 is 15.0 Å². The summed E-state index contributed by atoms with van der Waals surface area (Å²) < 4.78 is 34.6. The van der Waals surface area contributed by atoms with Gasteiger partial charge in [-0.3, -0.25) is 24.0 Å². The number of nitrogens with one attached hydrogen (secondary N) is 1. The first-order chi connectivity index (χ1) is 20.3. The molecule has 0 fully saturated rings. The highest BCUT2D eigenvalue weighted by atomic mass is 35.5. The molecule has 3 aromatic carbocycles. The molecule has 43 heavy (non-hydrogen) atoms. The van der Waals surface area contributed by atoms with E-state index in [9.17, 15) is 28.1 Å². The van der Waals surface area contributed by atoms with Gasteiger partial charge in [0, 0.05) is 29.7 Å². The molecule has 0 heterocycles. The van der Waals surface area contributed by atoms with Crippen LogP contribution in [-0.4, -0.2) is 56.3 Å². The number of nitro groups is 1. The molecule has 3 rings (SSSR count). The van der Waals surface area contributed by atoms with Crippen LogP contribution in [0.3, 0.4) is 0 Å². The number of carbonyl (C=O) groups excluding carboxylic acids is 2. The predicted molar refractivity (Wildman–Crippen MR) is 165 cm³/mol. The summed E-state index contributed by atoms with van der Waals surface area (Å²) in [6, 6.07) is 14.2. The highest BCUT2D eigenvalue weighted by Crippen LogP contribution is 2.36. The average molecular weight is 631 g/mol. The van der Waals surface area contributed by atoms with E-state index in [1.807, 2.05) is 38.1 Å². The van der Waals surface area contributed by atoms with Crippen LogP contribution in [0, 0.1) is 24.0 Å². The molecule has 0 aliphatic carbocycles. The number of nitro benzene ring substituents is 1. The minimum absolute atomic E-state index is 0.0305. The van der Waals surface area contributed by atoms with E-state index in [0.29, 0.717) is 13.0 Å². The van der Waals surface area contributed by atoms with Crippen molar-refractivity contribution in [1.82, 2.24) is 10.2 Å². The Bertz CT molecular complexity index is 1610. The summed E-state index contributed by atoms with van der Waals surface area (Å²) in [7, 11) is -3.27. The van der Waals surface area contributed by atoms with Crippen molar-refractivity contribution in [3.63, 3.8) is 0 Å². The zero-order valence-corrected chi connectivity index (χ0v) is 26.2. The van der Waals surface area contributed by atoms with Gasteiger partial charge >= 0.3 is 0 Å². The fourth-order valence-electron chi connectivity index (χ4n) is 4.39. The SMILES string of the molecule is CCCNC(=O)C(C)N(Cc1ccccc1C)C(=O)CN(c1cc(Cl)ccc1OC)S(=O)(=O)c1ccc(C)c([N+](=O)[O-])c1. The second-order valence-corrected chi connectivity index (χ2v) is 12.2. The van der Waals surface area contributed by atoms with Crippen LogP contribution >= 0.6 is 11.6 Å². The maximum Gasteiger partial charge on any atom is 0.273 e. The Morgan fingerprint density at radius 2 is 1.77 bits per heavy atom. The Labute approximate surface area is 256 Å². The van der Waals surface area contributed by atoms with E-state index in [2.05, 4.69) is 5.32 Å². The molecule has 13 heteroatoms. The molecule has 1 unspecified atom stereocenters. The molecule has 0 aliphatic heterocycles. The van der Waals surface area contributed by atoms with Crippen molar-refractivity contribution in [2.75, 3.05) is 24.5 Å². The lowest BCUT2D eigenvalue weighted by Gasteiger charge is -2.32. The first kappa shape index (κ1) is 33.3. The van der Waals surface area contributed by atoms with E-state index in [1.165, 1.54) is 49.3 Å². The number of amides is 2. The molecule has 2 amide bonds. The summed E-state index contributed by atoms with van der Waals surface area (Å²) in [4.78, 5) is 39.0. The number of carbonyl (C=O) groups is 2. The molecule has 0 aliphatic rings. The van der Waals surface area contributed by atoms with E-state index < -0.39 is 49.9 Å². The second-order valence-electron chi connectivity index (χ2n) is 9.95. The van der Waals surface area contributed by atoms with Crippen molar-refractivity contribution in [3.05, 3.63) is 92.5 Å². The molecule has 3 aromatic rings. The van der Waals surface area contributed by atoms with Crippen molar-refractivity contribution in [3.8, 4) is 5.75 Å². The molecule has 0 spiro atoms. The monoisotopic (exact) mass is 630 g/mol. The normalized spacial score (nSPS) is 11.9. The van der Waals surface area contributed by atoms with Gasteiger partial charge in [-0.05, 0) is 62.6 Å². The summed E-state index contributed by atoms with van der Waals surface area (Å²) >= 11 is 6.25. The fourth-order valence-corrected chi connectivity index (χ4v) is 6.00. The maximum atomic E-state index is 14.2. The van der Waals surface area contributed by atoms with Crippen molar-refractivity contribution in [1.29, 1.82) is 0 Å². The molecule has 1 N–H and O–H groups in total. The van der Waals surface area contributed by atoms with Crippen LogP contribution < -0.4 is 14.4 Å². The quantitative estimate of drug-likeness (QED) is 0.207. The number of hydrogen-bond acceptors (Lipinski definition) is 7. The number of halogens is 1. The number of benzene rings is 3. The molecule has 0 aromatic heterocycles. The maximum absolute atomic E-state index is 14.2. The Hall–Kier alpha value is -4.16. The summed E-state index contributed by atoms with van der Waals surface area (Å²) in [6.45, 7) is 6.52. The summed E-state index contributed by atoms with van der Waals surface area (Å²) in [5.74, 6) is -0.983. The molecule has 11 nitrogen and oxygen atoms in total. The van der Waals surface area contributed by atoms with E-state index in [1.54, 1.807) is 6.92 Å². The standard InChI is InChI=1S/C30H35ClN4O7S/c1-6-15-32-30(37)22(4)33(18-23-10-8-7-9-20(23)2)29(36)19-34(27-16-24(31)12-14-28(27)42-5)43(40,41)25-13-11-21(3)26(17-25)35(38)39/h7-14,16-17,22H,6,15,18-19H2,1-5H3,(H,32,37). The zero-order valence-electron chi connectivity index (χ0n) is 24.7. The number of methoxy groups -OCH3 is 1. The van der Waals surface area contributed by atoms with Crippen LogP contribution in [0.25, 0.3) is 0 Å². The van der Waals surface area contributed by atoms with Crippen LogP contribution in [0.4, 0.5) is 11.4 Å². The number of anilines is 1. The number of nitrogens with zero attached hydrogens (tertiary/aromatic N) is 3. The Morgan fingerprint density at radius 3 is 2.40 bits per heavy atom. The van der Waals surface area contributed by atoms with Crippen LogP contribution in [0.2, 0.25) is 5.02 Å². The number of ether oxygens (including phenoxy) is 1. The van der Waals surface area contributed by atoms with Crippen molar-refractivity contribution >= 4 is 44.8 Å². The van der Waals surface area contributed by atoms with Gasteiger partial charge in [-0.1, -0.05) is 48.9 Å². The first-order valence-electron chi connectivity index (χ1n) is 13.5. The number of rotatable bonds is 13. The summed E-state index contributed by atoms with van der Waals surface area (Å²) in [5.41, 5.74) is 1.48. The lowest BCUT2D eigenvalue weighted by atomic mass is 10.1. The molecule has 0 radical (unpaired) electrons. The van der Waals surface area contributed by atoms with Crippen molar-refractivity contribution in [2.45, 2.75) is 51.6 Å². The molecule has 0 bridgehead atoms. The molecule has 1 atom stereocenters. The Kier molecular flexibility index (Phi) is 11.1. The van der Waals surface area contributed by atoms with Gasteiger partial charge in [0.2, 0.25) is 11.8 Å². The smallest absolute Gasteiger partial charge is 0.273 e. The van der Waals surface area contributed by atoms with Crippen LogP contribution in [0.1, 0.15) is 37.0 Å². The first-order valence-corrected chi connectivity index (χ1v) is 15.4. The summed E-state index contributed by atoms with van der Waals surface area (Å²) in [5, 5.41) is 14.6. The van der Waals surface area contributed by atoms with Crippen LogP contribution in [0.5, 0.6) is 5.75 Å². The zero-order chi connectivity index (χ0) is 31.9. The van der Waals surface area contributed by atoms with Gasteiger partial charge in [-0.15, -0.1) is 0 Å². The highest BCUT2D eigenvalue weighted by molar-refractivity contribution is 7.92. The van der Waals surface area contributed by atoms with Gasteiger partial charge in [0.25, 0.3) is 15.7 Å². The van der Waals surface area contributed by atoms with Gasteiger partial charge in [0.1, 0.15) is 18.3 Å². The highest BCUT2D eigenvalue weighted by Gasteiger charge is 2.35. The van der Waals surface area contributed by atoms with E-state index in [4.69, 9.17) is 16.3 Å². The lowest BCUT2D eigenvalue weighted by molar-refractivity contribution is -0.385. The van der Waals surface area contributed by atoms with E-state index >= 15 is 0 Å². The lowest BCUT2D eigenvalue weighted by Crippen LogP contribution is -2.51. The second kappa shape index (κ2) is 14.3. The van der Waals surface area contributed by atoms with Crippen LogP contribution in [-0.2, 0) is 26.2 Å². The molecule has 0 saturated carbocycles. The van der Waals surface area contributed by atoms with Crippen molar-refractivity contribution < 1.29 is 27.7 Å². The third kappa shape index (κ3) is 7.82. The van der Waals surface area contributed by atoms with Crippen LogP contribution in [0.15, 0.2) is 65.6 Å². The Balaban J connectivity index is 2.16. The summed E-state index contributed by atoms with van der Waals surface area (Å²) in [6.07, 6.45) is 0.688. The third-order valence-electron chi connectivity index (χ3n) is 6.97. The molecular weight excluding hydrogens is 596 g/mol. The van der Waals surface area contributed by atoms with Gasteiger partial charge in [-0.2, -0.15) is 0 Å². The molecule has 230 valence electrons. The minimum atomic E-state index is -4.60. The van der Waals surface area contributed by atoms with Gasteiger partial charge in [-0.25, -0.2) is 8.42 Å². The largest absolute Gasteiger partial charge is 0.495 e. The fraction of sp³-hybridized carbons (Fsp3) is 0.333.